The van der Waals surface area contributed by atoms with Crippen molar-refractivity contribution in [2.75, 3.05) is 13.2 Å². The van der Waals surface area contributed by atoms with Crippen molar-refractivity contribution in [3.63, 3.8) is 0 Å². The maximum absolute atomic E-state index is 11.0. The van der Waals surface area contributed by atoms with E-state index in [9.17, 15) is 4.79 Å². The van der Waals surface area contributed by atoms with Gasteiger partial charge in [0.2, 0.25) is 0 Å². The number of carbonyl (C=O) groups excluding carboxylic acids is 1. The molecule has 0 aliphatic heterocycles. The lowest BCUT2D eigenvalue weighted by molar-refractivity contribution is 0.137. The minimum absolute atomic E-state index is 0.0899. The summed E-state index contributed by atoms with van der Waals surface area (Å²) in [4.78, 5) is 11.0. The van der Waals surface area contributed by atoms with Gasteiger partial charge in [0, 0.05) is 11.0 Å². The molecule has 0 unspecified atom stereocenters. The number of nitrogens with one attached hydrogen (secondary N) is 1. The Morgan fingerprint density at radius 1 is 1.40 bits per heavy atom. The molecule has 0 atom stereocenters. The minimum atomic E-state index is -0.521. The molecule has 0 bridgehead atoms. The molecule has 5 heteroatoms. The average Bonchev–Trinajstić information content (AvgIpc) is 2.25. The van der Waals surface area contributed by atoms with Crippen molar-refractivity contribution in [3.8, 4) is 0 Å². The molecule has 1 aromatic carbocycles. The molecule has 0 aromatic heterocycles. The lowest BCUT2D eigenvalue weighted by atomic mass is 10.2. The Kier molecular flexibility index (Phi) is 5.14. The zero-order valence-electron chi connectivity index (χ0n) is 8.07. The highest BCUT2D eigenvalue weighted by molar-refractivity contribution is 9.10. The van der Waals surface area contributed by atoms with E-state index in [0.29, 0.717) is 0 Å². The monoisotopic (exact) mass is 273 g/mol. The molecule has 15 heavy (non-hydrogen) atoms. The van der Waals surface area contributed by atoms with Gasteiger partial charge in [-0.2, -0.15) is 0 Å². The molecule has 2 N–H and O–H groups in total. The predicted molar refractivity (Wildman–Crippen MR) is 59.4 cm³/mol. The highest BCUT2D eigenvalue weighted by Gasteiger charge is 2.00. The molecule has 1 rings (SSSR count). The number of hydrogen-bond acceptors (Lipinski definition) is 3. The SMILES string of the molecule is O=C(NCCO)OCc1ccc(Br)cc1. The number of aliphatic hydroxyl groups is 1. The van der Waals surface area contributed by atoms with Gasteiger partial charge in [0.1, 0.15) is 6.61 Å². The van der Waals surface area contributed by atoms with E-state index >= 15 is 0 Å². The van der Waals surface area contributed by atoms with Gasteiger partial charge >= 0.3 is 6.09 Å². The molecular formula is C10H12BrNO3. The second kappa shape index (κ2) is 6.42. The number of carbonyl (C=O) groups is 1. The van der Waals surface area contributed by atoms with Crippen LogP contribution in [0.4, 0.5) is 4.79 Å². The zero-order valence-corrected chi connectivity index (χ0v) is 9.66. The van der Waals surface area contributed by atoms with E-state index in [4.69, 9.17) is 9.84 Å². The molecule has 82 valence electrons. The van der Waals surface area contributed by atoms with Gasteiger partial charge in [0.15, 0.2) is 0 Å². The van der Waals surface area contributed by atoms with Crippen LogP contribution in [-0.2, 0) is 11.3 Å². The van der Waals surface area contributed by atoms with Crippen molar-refractivity contribution < 1.29 is 14.6 Å². The van der Waals surface area contributed by atoms with E-state index in [1.165, 1.54) is 0 Å². The Morgan fingerprint density at radius 2 is 2.07 bits per heavy atom. The van der Waals surface area contributed by atoms with Crippen molar-refractivity contribution in [3.05, 3.63) is 34.3 Å². The molecule has 0 spiro atoms. The Labute approximate surface area is 96.4 Å². The number of halogens is 1. The summed E-state index contributed by atoms with van der Waals surface area (Å²) in [6.07, 6.45) is -0.521. The van der Waals surface area contributed by atoms with E-state index in [1.54, 1.807) is 0 Å². The fraction of sp³-hybridized carbons (Fsp3) is 0.300. The first kappa shape index (κ1) is 12.0. The third kappa shape index (κ3) is 4.80. The van der Waals surface area contributed by atoms with E-state index in [-0.39, 0.29) is 19.8 Å². The minimum Gasteiger partial charge on any atom is -0.445 e. The number of hydrogen-bond donors (Lipinski definition) is 2. The summed E-state index contributed by atoms with van der Waals surface area (Å²) in [6.45, 7) is 0.344. The van der Waals surface area contributed by atoms with Crippen LogP contribution in [-0.4, -0.2) is 24.4 Å². The van der Waals surface area contributed by atoms with Crippen molar-refractivity contribution >= 4 is 22.0 Å². The largest absolute Gasteiger partial charge is 0.445 e. The predicted octanol–water partition coefficient (Wildman–Crippen LogP) is 1.67. The van der Waals surface area contributed by atoms with Crippen molar-refractivity contribution in [1.29, 1.82) is 0 Å². The van der Waals surface area contributed by atoms with Crippen LogP contribution in [0.5, 0.6) is 0 Å². The zero-order chi connectivity index (χ0) is 11.1. The van der Waals surface area contributed by atoms with Crippen molar-refractivity contribution in [2.24, 2.45) is 0 Å². The summed E-state index contributed by atoms with van der Waals surface area (Å²) in [6, 6.07) is 7.49. The first-order chi connectivity index (χ1) is 7.22. The van der Waals surface area contributed by atoms with Gasteiger partial charge < -0.3 is 15.2 Å². The van der Waals surface area contributed by atoms with E-state index in [0.717, 1.165) is 10.0 Å². The average molecular weight is 274 g/mol. The Morgan fingerprint density at radius 3 is 2.67 bits per heavy atom. The van der Waals surface area contributed by atoms with Gasteiger partial charge in [-0.1, -0.05) is 28.1 Å². The summed E-state index contributed by atoms with van der Waals surface area (Å²) in [5.74, 6) is 0. The quantitative estimate of drug-likeness (QED) is 0.878. The van der Waals surface area contributed by atoms with Gasteiger partial charge in [0.05, 0.1) is 6.61 Å². The van der Waals surface area contributed by atoms with E-state index < -0.39 is 6.09 Å². The van der Waals surface area contributed by atoms with E-state index in [2.05, 4.69) is 21.2 Å². The number of amides is 1. The van der Waals surface area contributed by atoms with Gasteiger partial charge in [-0.3, -0.25) is 0 Å². The number of rotatable bonds is 4. The molecule has 0 aliphatic rings. The molecule has 4 nitrogen and oxygen atoms in total. The van der Waals surface area contributed by atoms with Crippen molar-refractivity contribution in [1.82, 2.24) is 5.32 Å². The molecule has 0 fully saturated rings. The summed E-state index contributed by atoms with van der Waals surface area (Å²) < 4.78 is 5.88. The Hall–Kier alpha value is -1.07. The fourth-order valence-corrected chi connectivity index (χ4v) is 1.20. The highest BCUT2D eigenvalue weighted by Crippen LogP contribution is 2.10. The summed E-state index contributed by atoms with van der Waals surface area (Å²) >= 11 is 3.31. The fourth-order valence-electron chi connectivity index (χ4n) is 0.939. The first-order valence-electron chi connectivity index (χ1n) is 4.48. The lowest BCUT2D eigenvalue weighted by Gasteiger charge is -2.05. The van der Waals surface area contributed by atoms with Gasteiger partial charge in [-0.15, -0.1) is 0 Å². The number of ether oxygens (including phenoxy) is 1. The topological polar surface area (TPSA) is 58.6 Å². The number of benzene rings is 1. The molecule has 0 saturated heterocycles. The number of alkyl carbamates (subject to hydrolysis) is 1. The summed E-state index contributed by atoms with van der Waals surface area (Å²) in [7, 11) is 0. The van der Waals surface area contributed by atoms with Crippen LogP contribution in [0.1, 0.15) is 5.56 Å². The van der Waals surface area contributed by atoms with Crippen LogP contribution in [0.15, 0.2) is 28.7 Å². The van der Waals surface area contributed by atoms with Crippen LogP contribution in [0.2, 0.25) is 0 Å². The van der Waals surface area contributed by atoms with Gasteiger partial charge in [0.25, 0.3) is 0 Å². The van der Waals surface area contributed by atoms with Crippen LogP contribution in [0, 0.1) is 0 Å². The van der Waals surface area contributed by atoms with Crippen LogP contribution in [0.3, 0.4) is 0 Å². The van der Waals surface area contributed by atoms with Crippen molar-refractivity contribution in [2.45, 2.75) is 6.61 Å². The molecular weight excluding hydrogens is 262 g/mol. The highest BCUT2D eigenvalue weighted by atomic mass is 79.9. The molecule has 0 radical (unpaired) electrons. The molecule has 0 heterocycles. The smallest absolute Gasteiger partial charge is 0.407 e. The summed E-state index contributed by atoms with van der Waals surface area (Å²) in [5.41, 5.74) is 0.914. The summed E-state index contributed by atoms with van der Waals surface area (Å²) in [5, 5.41) is 10.8. The number of aliphatic hydroxyl groups excluding tert-OH is 1. The Bertz CT molecular complexity index is 313. The standard InChI is InChI=1S/C10H12BrNO3/c11-9-3-1-8(2-4-9)7-15-10(14)12-5-6-13/h1-4,13H,5-7H2,(H,12,14). The van der Waals surface area contributed by atoms with Crippen LogP contribution >= 0.6 is 15.9 Å². The normalized spacial score (nSPS) is 9.73. The third-order valence-electron chi connectivity index (χ3n) is 1.66. The molecule has 1 aromatic rings. The maximum Gasteiger partial charge on any atom is 0.407 e. The second-order valence-corrected chi connectivity index (χ2v) is 3.77. The van der Waals surface area contributed by atoms with Crippen LogP contribution in [0.25, 0.3) is 0 Å². The third-order valence-corrected chi connectivity index (χ3v) is 2.19. The first-order valence-corrected chi connectivity index (χ1v) is 5.27. The van der Waals surface area contributed by atoms with Gasteiger partial charge in [-0.05, 0) is 17.7 Å². The lowest BCUT2D eigenvalue weighted by Crippen LogP contribution is -2.26. The molecule has 1 amide bonds. The van der Waals surface area contributed by atoms with Gasteiger partial charge in [-0.25, -0.2) is 4.79 Å². The second-order valence-electron chi connectivity index (χ2n) is 2.85. The Balaban J connectivity index is 2.30. The maximum atomic E-state index is 11.0. The molecule has 0 aliphatic carbocycles. The van der Waals surface area contributed by atoms with Crippen LogP contribution < -0.4 is 5.32 Å². The molecule has 0 saturated carbocycles. The van der Waals surface area contributed by atoms with E-state index in [1.807, 2.05) is 24.3 Å².